The van der Waals surface area contributed by atoms with Crippen molar-refractivity contribution in [2.45, 2.75) is 4.21 Å². The Morgan fingerprint density at radius 2 is 1.83 bits per heavy atom. The predicted octanol–water partition coefficient (Wildman–Crippen LogP) is 2.88. The number of thiophene rings is 1. The van der Waals surface area contributed by atoms with E-state index in [1.165, 1.54) is 13.1 Å². The minimum absolute atomic E-state index is 0.146. The Bertz CT molecular complexity index is 952. The quantitative estimate of drug-likeness (QED) is 0.646. The van der Waals surface area contributed by atoms with Gasteiger partial charge in [0.2, 0.25) is 5.91 Å². The molecule has 1 aliphatic heterocycles. The van der Waals surface area contributed by atoms with Gasteiger partial charge in [-0.05, 0) is 17.7 Å². The third-order valence-electron chi connectivity index (χ3n) is 4.77. The highest BCUT2D eigenvalue weighted by Gasteiger charge is 2.28. The number of likely N-dealkylation sites (N-methyl/N-ethyl adjacent to an activating group) is 1. The largest absolute Gasteiger partial charge is 0.339 e. The lowest BCUT2D eigenvalue weighted by molar-refractivity contribution is -0.132. The van der Waals surface area contributed by atoms with E-state index in [9.17, 15) is 13.2 Å². The molecule has 0 radical (unpaired) electrons. The van der Waals surface area contributed by atoms with Crippen LogP contribution in [0.25, 0.3) is 6.08 Å². The third kappa shape index (κ3) is 5.90. The Labute approximate surface area is 181 Å². The van der Waals surface area contributed by atoms with Crippen LogP contribution in [0.3, 0.4) is 0 Å². The van der Waals surface area contributed by atoms with Crippen LogP contribution in [0.15, 0.2) is 52.7 Å². The van der Waals surface area contributed by atoms with Crippen LogP contribution in [0.1, 0.15) is 5.56 Å². The summed E-state index contributed by atoms with van der Waals surface area (Å²) in [6.07, 6.45) is 4.22. The van der Waals surface area contributed by atoms with Crippen LogP contribution in [0.5, 0.6) is 0 Å². The van der Waals surface area contributed by atoms with Crippen molar-refractivity contribution < 1.29 is 13.2 Å². The second kappa shape index (κ2) is 9.86. The summed E-state index contributed by atoms with van der Waals surface area (Å²) in [5.41, 5.74) is 1.16. The highest BCUT2D eigenvalue weighted by molar-refractivity contribution is 7.91. The lowest BCUT2D eigenvalue weighted by Gasteiger charge is -2.34. The molecule has 0 atom stereocenters. The molecule has 0 unspecified atom stereocenters. The molecule has 1 aromatic carbocycles. The third-order valence-corrected chi connectivity index (χ3v) is 8.27. The van der Waals surface area contributed by atoms with Crippen LogP contribution in [-0.2, 0) is 14.8 Å². The molecule has 1 fully saturated rings. The lowest BCUT2D eigenvalue weighted by Crippen LogP contribution is -2.51. The van der Waals surface area contributed by atoms with Crippen molar-refractivity contribution in [2.24, 2.45) is 0 Å². The molecule has 1 amide bonds. The summed E-state index contributed by atoms with van der Waals surface area (Å²) in [6.45, 7) is 3.37. The Kier molecular flexibility index (Phi) is 7.48. The summed E-state index contributed by atoms with van der Waals surface area (Å²) in [6, 6.07) is 13.1. The number of hydrogen-bond acceptors (Lipinski definition) is 5. The van der Waals surface area contributed by atoms with Gasteiger partial charge in [0.25, 0.3) is 10.0 Å². The van der Waals surface area contributed by atoms with Gasteiger partial charge in [0, 0.05) is 39.8 Å². The molecule has 0 aliphatic carbocycles. The SMILES string of the molecule is CN(CC(=O)N1CCN(C/C=C/c2ccccc2)CC1)S(=O)(=O)c1ccc(Cl)s1. The molecule has 3 rings (SSSR count). The van der Waals surface area contributed by atoms with Gasteiger partial charge < -0.3 is 4.90 Å². The van der Waals surface area contributed by atoms with Crippen molar-refractivity contribution >= 4 is 44.9 Å². The zero-order valence-electron chi connectivity index (χ0n) is 16.2. The van der Waals surface area contributed by atoms with E-state index < -0.39 is 10.0 Å². The van der Waals surface area contributed by atoms with Gasteiger partial charge in [-0.25, -0.2) is 8.42 Å². The smallest absolute Gasteiger partial charge is 0.252 e. The van der Waals surface area contributed by atoms with E-state index in [0.717, 1.165) is 40.8 Å². The summed E-state index contributed by atoms with van der Waals surface area (Å²) >= 11 is 6.82. The van der Waals surface area contributed by atoms with Gasteiger partial charge in [-0.3, -0.25) is 9.69 Å². The van der Waals surface area contributed by atoms with Crippen LogP contribution in [-0.4, -0.2) is 74.7 Å². The van der Waals surface area contributed by atoms with Crippen molar-refractivity contribution in [3.63, 3.8) is 0 Å². The Balaban J connectivity index is 1.46. The van der Waals surface area contributed by atoms with Gasteiger partial charge in [-0.15, -0.1) is 11.3 Å². The number of benzene rings is 1. The summed E-state index contributed by atoms with van der Waals surface area (Å²) in [7, 11) is -2.28. The standard InChI is InChI=1S/C20H24ClN3O3S2/c1-22(29(26,27)20-10-9-18(21)28-20)16-19(25)24-14-12-23(13-15-24)11-5-8-17-6-3-2-4-7-17/h2-10H,11-16H2,1H3/b8-5+. The first kappa shape index (κ1) is 22.0. The first-order chi connectivity index (χ1) is 13.9. The fraction of sp³-hybridized carbons (Fsp3) is 0.350. The predicted molar refractivity (Wildman–Crippen MR) is 118 cm³/mol. The number of sulfonamides is 1. The summed E-state index contributed by atoms with van der Waals surface area (Å²) < 4.78 is 26.7. The molecule has 9 heteroatoms. The summed E-state index contributed by atoms with van der Waals surface area (Å²) in [5.74, 6) is -0.182. The molecule has 1 aliphatic rings. The second-order valence-electron chi connectivity index (χ2n) is 6.81. The fourth-order valence-corrected chi connectivity index (χ4v) is 5.86. The van der Waals surface area contributed by atoms with Gasteiger partial charge in [-0.1, -0.05) is 54.1 Å². The van der Waals surface area contributed by atoms with Gasteiger partial charge in [-0.2, -0.15) is 4.31 Å². The number of hydrogen-bond donors (Lipinski definition) is 0. The number of amides is 1. The van der Waals surface area contributed by atoms with E-state index in [4.69, 9.17) is 11.6 Å². The molecule has 156 valence electrons. The van der Waals surface area contributed by atoms with Gasteiger partial charge in [0.05, 0.1) is 10.9 Å². The Morgan fingerprint density at radius 1 is 1.14 bits per heavy atom. The average Bonchev–Trinajstić information content (AvgIpc) is 3.16. The number of carbonyl (C=O) groups excluding carboxylic acids is 1. The van der Waals surface area contributed by atoms with Gasteiger partial charge >= 0.3 is 0 Å². The van der Waals surface area contributed by atoms with Crippen molar-refractivity contribution in [3.05, 3.63) is 58.4 Å². The van der Waals surface area contributed by atoms with Crippen LogP contribution in [0.2, 0.25) is 4.34 Å². The number of nitrogens with zero attached hydrogens (tertiary/aromatic N) is 3. The molecule has 0 saturated carbocycles. The van der Waals surface area contributed by atoms with Crippen molar-refractivity contribution in [2.75, 3.05) is 46.3 Å². The minimum atomic E-state index is -3.70. The zero-order valence-corrected chi connectivity index (χ0v) is 18.6. The zero-order chi connectivity index (χ0) is 20.9. The monoisotopic (exact) mass is 453 g/mol. The molecule has 2 heterocycles. The van der Waals surface area contributed by atoms with Crippen LogP contribution < -0.4 is 0 Å². The minimum Gasteiger partial charge on any atom is -0.339 e. The number of rotatable bonds is 7. The maximum atomic E-state index is 12.6. The number of carbonyl (C=O) groups is 1. The van der Waals surface area contributed by atoms with Crippen molar-refractivity contribution in [3.8, 4) is 0 Å². The van der Waals surface area contributed by atoms with E-state index in [-0.39, 0.29) is 16.7 Å². The molecular formula is C20H24ClN3O3S2. The van der Waals surface area contributed by atoms with Crippen molar-refractivity contribution in [1.82, 2.24) is 14.1 Å². The van der Waals surface area contributed by atoms with E-state index >= 15 is 0 Å². The van der Waals surface area contributed by atoms with E-state index in [1.54, 1.807) is 11.0 Å². The van der Waals surface area contributed by atoms with Crippen LogP contribution >= 0.6 is 22.9 Å². The Hall–Kier alpha value is -1.71. The van der Waals surface area contributed by atoms with E-state index in [2.05, 4.69) is 29.2 Å². The maximum Gasteiger partial charge on any atom is 0.252 e. The molecule has 1 aromatic heterocycles. The highest BCUT2D eigenvalue weighted by atomic mass is 35.5. The molecule has 0 bridgehead atoms. The average molecular weight is 454 g/mol. The molecule has 1 saturated heterocycles. The normalized spacial score (nSPS) is 16.0. The molecular weight excluding hydrogens is 430 g/mol. The fourth-order valence-electron chi connectivity index (χ4n) is 3.05. The summed E-state index contributed by atoms with van der Waals surface area (Å²) in [5, 5.41) is 0. The molecule has 6 nitrogen and oxygen atoms in total. The first-order valence-electron chi connectivity index (χ1n) is 9.29. The van der Waals surface area contributed by atoms with E-state index in [0.29, 0.717) is 17.4 Å². The molecule has 0 N–H and O–H groups in total. The molecule has 29 heavy (non-hydrogen) atoms. The van der Waals surface area contributed by atoms with Gasteiger partial charge in [0.1, 0.15) is 4.21 Å². The van der Waals surface area contributed by atoms with E-state index in [1.807, 2.05) is 18.2 Å². The topological polar surface area (TPSA) is 60.9 Å². The van der Waals surface area contributed by atoms with Gasteiger partial charge in [0.15, 0.2) is 0 Å². The lowest BCUT2D eigenvalue weighted by atomic mass is 10.2. The van der Waals surface area contributed by atoms with Crippen LogP contribution in [0, 0.1) is 0 Å². The summed E-state index contributed by atoms with van der Waals surface area (Å²) in [4.78, 5) is 16.6. The number of piperazine rings is 1. The Morgan fingerprint density at radius 3 is 2.45 bits per heavy atom. The highest BCUT2D eigenvalue weighted by Crippen LogP contribution is 2.27. The van der Waals surface area contributed by atoms with Crippen LogP contribution in [0.4, 0.5) is 0 Å². The van der Waals surface area contributed by atoms with Crippen molar-refractivity contribution in [1.29, 1.82) is 0 Å². The molecule has 2 aromatic rings. The first-order valence-corrected chi connectivity index (χ1v) is 11.9. The molecule has 0 spiro atoms. The second-order valence-corrected chi connectivity index (χ2v) is 10.8. The maximum absolute atomic E-state index is 12.6. The number of halogens is 1.